The van der Waals surface area contributed by atoms with Crippen LogP contribution in [0.4, 0.5) is 0 Å². The molecule has 0 heterocycles. The van der Waals surface area contributed by atoms with Crippen LogP contribution in [-0.2, 0) is 5.41 Å². The highest BCUT2D eigenvalue weighted by Gasteiger charge is 2.26. The van der Waals surface area contributed by atoms with Gasteiger partial charge in [0.15, 0.2) is 0 Å². The molecular weight excluding hydrogens is 844 g/mol. The van der Waals surface area contributed by atoms with Crippen LogP contribution in [-0.4, -0.2) is 33.5 Å². The number of hydrogen-bond donors (Lipinski definition) is 0. The maximum Gasteiger partial charge on any atom is 0.147 e. The van der Waals surface area contributed by atoms with E-state index < -0.39 is 0 Å². The number of benzene rings is 2. The summed E-state index contributed by atoms with van der Waals surface area (Å²) in [5, 5.41) is 1.67. The first-order valence-electron chi connectivity index (χ1n) is 9.05. The fourth-order valence-electron chi connectivity index (χ4n) is 2.67. The first kappa shape index (κ1) is 27.6. The lowest BCUT2D eigenvalue weighted by Gasteiger charge is -2.28. The molecule has 0 aliphatic rings. The van der Waals surface area contributed by atoms with Crippen LogP contribution in [0, 0.1) is 0 Å². The highest BCUT2D eigenvalue weighted by atomic mass is 79.9. The molecular formula is C21H21Br7O2. The number of halogens is 7. The van der Waals surface area contributed by atoms with Crippen molar-refractivity contribution >= 4 is 112 Å². The second kappa shape index (κ2) is 12.7. The summed E-state index contributed by atoms with van der Waals surface area (Å²) in [6.45, 7) is 5.59. The van der Waals surface area contributed by atoms with Crippen LogP contribution in [0.3, 0.4) is 0 Å². The maximum atomic E-state index is 5.98. The van der Waals surface area contributed by atoms with Crippen molar-refractivity contribution in [2.45, 2.75) is 28.9 Å². The van der Waals surface area contributed by atoms with Gasteiger partial charge in [0, 0.05) is 16.1 Å². The molecule has 0 spiro atoms. The van der Waals surface area contributed by atoms with E-state index in [2.05, 4.69) is 150 Å². The Balaban J connectivity index is 2.27. The van der Waals surface area contributed by atoms with Crippen molar-refractivity contribution in [3.63, 3.8) is 0 Å². The minimum atomic E-state index is -0.216. The predicted octanol–water partition coefficient (Wildman–Crippen LogP) is 9.37. The molecule has 0 aliphatic heterocycles. The standard InChI is InChI=1S/C21H21Br7O2/c1-21(2,12-3-4-19(16(26)5-12)29-10-14(24)8-22)13-6-17(27)20(18(28)7-13)30-11-15(25)9-23/h3-7,14-15H,8-11H2,1-2H3. The summed E-state index contributed by atoms with van der Waals surface area (Å²) in [5.74, 6) is 1.64. The third-order valence-corrected chi connectivity index (χ3v) is 10.8. The zero-order valence-electron chi connectivity index (χ0n) is 16.3. The fourth-order valence-corrected chi connectivity index (χ4v) is 5.22. The summed E-state index contributed by atoms with van der Waals surface area (Å²) in [7, 11) is 0. The molecule has 0 radical (unpaired) electrons. The van der Waals surface area contributed by atoms with Crippen LogP contribution in [0.15, 0.2) is 43.7 Å². The lowest BCUT2D eigenvalue weighted by molar-refractivity contribution is 0.321. The zero-order valence-corrected chi connectivity index (χ0v) is 27.4. The number of ether oxygens (including phenoxy) is 2. The first-order valence-corrected chi connectivity index (χ1v) is 15.5. The first-order chi connectivity index (χ1) is 14.1. The van der Waals surface area contributed by atoms with E-state index in [1.165, 1.54) is 11.1 Å². The molecule has 0 aliphatic carbocycles. The van der Waals surface area contributed by atoms with Crippen molar-refractivity contribution < 1.29 is 9.47 Å². The molecule has 0 amide bonds. The Morgan fingerprint density at radius 1 is 0.767 bits per heavy atom. The lowest BCUT2D eigenvalue weighted by Crippen LogP contribution is -2.20. The molecule has 2 unspecified atom stereocenters. The number of hydrogen-bond acceptors (Lipinski definition) is 2. The van der Waals surface area contributed by atoms with Crippen molar-refractivity contribution in [3.05, 3.63) is 54.9 Å². The third-order valence-electron chi connectivity index (χ3n) is 4.54. The van der Waals surface area contributed by atoms with E-state index in [4.69, 9.17) is 9.47 Å². The van der Waals surface area contributed by atoms with Gasteiger partial charge in [-0.2, -0.15) is 0 Å². The molecule has 2 rings (SSSR count). The van der Waals surface area contributed by atoms with Gasteiger partial charge in [0.05, 0.1) is 23.1 Å². The van der Waals surface area contributed by atoms with Gasteiger partial charge < -0.3 is 9.47 Å². The fraction of sp³-hybridized carbons (Fsp3) is 0.429. The predicted molar refractivity (Wildman–Crippen MR) is 152 cm³/mol. The van der Waals surface area contributed by atoms with E-state index in [0.29, 0.717) is 13.2 Å². The highest BCUT2D eigenvalue weighted by Crippen LogP contribution is 2.42. The van der Waals surface area contributed by atoms with Crippen LogP contribution in [0.1, 0.15) is 25.0 Å². The van der Waals surface area contributed by atoms with Crippen LogP contribution in [0.5, 0.6) is 11.5 Å². The Hall–Kier alpha value is 1.40. The second-order valence-corrected chi connectivity index (χ2v) is 13.6. The van der Waals surface area contributed by atoms with Gasteiger partial charge in [-0.05, 0) is 83.2 Å². The summed E-state index contributed by atoms with van der Waals surface area (Å²) in [4.78, 5) is 0.519. The van der Waals surface area contributed by atoms with Crippen molar-refractivity contribution in [3.8, 4) is 11.5 Å². The SMILES string of the molecule is CC(C)(c1ccc(OCC(Br)CBr)c(Br)c1)c1cc(Br)c(OCC(Br)CBr)c(Br)c1. The van der Waals surface area contributed by atoms with Crippen LogP contribution >= 0.6 is 112 Å². The van der Waals surface area contributed by atoms with E-state index in [9.17, 15) is 0 Å². The minimum absolute atomic E-state index is 0.216. The lowest BCUT2D eigenvalue weighted by atomic mass is 9.78. The Kier molecular flexibility index (Phi) is 11.7. The van der Waals surface area contributed by atoms with Gasteiger partial charge in [0.25, 0.3) is 0 Å². The zero-order chi connectivity index (χ0) is 22.5. The highest BCUT2D eigenvalue weighted by molar-refractivity contribution is 9.12. The van der Waals surface area contributed by atoms with Gasteiger partial charge in [-0.15, -0.1) is 0 Å². The molecule has 166 valence electrons. The minimum Gasteiger partial charge on any atom is -0.491 e. The second-order valence-electron chi connectivity index (χ2n) is 7.16. The molecule has 9 heteroatoms. The van der Waals surface area contributed by atoms with Crippen molar-refractivity contribution in [1.82, 2.24) is 0 Å². The Bertz CT molecular complexity index is 834. The molecule has 0 fully saturated rings. The summed E-state index contributed by atoms with van der Waals surface area (Å²) < 4.78 is 14.7. The van der Waals surface area contributed by atoms with Crippen molar-refractivity contribution in [1.29, 1.82) is 0 Å². The normalized spacial score (nSPS) is 13.8. The van der Waals surface area contributed by atoms with E-state index in [1.807, 2.05) is 6.07 Å². The topological polar surface area (TPSA) is 18.5 Å². The van der Waals surface area contributed by atoms with Gasteiger partial charge in [-0.25, -0.2) is 0 Å². The summed E-state index contributed by atoms with van der Waals surface area (Å²) in [6.07, 6.45) is 0. The monoisotopic (exact) mass is 858 g/mol. The third kappa shape index (κ3) is 7.45. The van der Waals surface area contributed by atoms with E-state index in [1.54, 1.807) is 0 Å². The molecule has 0 saturated carbocycles. The maximum absolute atomic E-state index is 5.98. The Morgan fingerprint density at radius 2 is 1.27 bits per heavy atom. The van der Waals surface area contributed by atoms with Crippen LogP contribution in [0.2, 0.25) is 0 Å². The molecule has 0 saturated heterocycles. The van der Waals surface area contributed by atoms with Gasteiger partial charge >= 0.3 is 0 Å². The van der Waals surface area contributed by atoms with Gasteiger partial charge in [0.1, 0.15) is 24.7 Å². The van der Waals surface area contributed by atoms with Crippen LogP contribution in [0.25, 0.3) is 0 Å². The summed E-state index contributed by atoms with van der Waals surface area (Å²) in [5.41, 5.74) is 2.14. The molecule has 0 N–H and O–H groups in total. The summed E-state index contributed by atoms with van der Waals surface area (Å²) >= 11 is 25.1. The largest absolute Gasteiger partial charge is 0.491 e. The van der Waals surface area contributed by atoms with Crippen LogP contribution < -0.4 is 9.47 Å². The molecule has 2 nitrogen and oxygen atoms in total. The molecule has 0 aromatic heterocycles. The van der Waals surface area contributed by atoms with E-state index >= 15 is 0 Å². The molecule has 0 bridgehead atoms. The number of rotatable bonds is 10. The number of alkyl halides is 4. The Morgan fingerprint density at radius 3 is 1.77 bits per heavy atom. The molecule has 2 aromatic carbocycles. The molecule has 30 heavy (non-hydrogen) atoms. The van der Waals surface area contributed by atoms with Crippen molar-refractivity contribution in [2.24, 2.45) is 0 Å². The Labute approximate surface area is 237 Å². The smallest absolute Gasteiger partial charge is 0.147 e. The van der Waals surface area contributed by atoms with Gasteiger partial charge in [0.2, 0.25) is 0 Å². The summed E-state index contributed by atoms with van der Waals surface area (Å²) in [6, 6.07) is 10.5. The quantitative estimate of drug-likeness (QED) is 0.222. The van der Waals surface area contributed by atoms with Gasteiger partial charge in [-0.1, -0.05) is 83.6 Å². The average Bonchev–Trinajstić information content (AvgIpc) is 2.71. The average molecular weight is 865 g/mol. The van der Waals surface area contributed by atoms with E-state index in [0.717, 1.165) is 35.6 Å². The molecule has 2 atom stereocenters. The van der Waals surface area contributed by atoms with E-state index in [-0.39, 0.29) is 15.1 Å². The van der Waals surface area contributed by atoms with Gasteiger partial charge in [-0.3, -0.25) is 0 Å². The van der Waals surface area contributed by atoms with Crippen molar-refractivity contribution in [2.75, 3.05) is 23.9 Å². The molecule has 2 aromatic rings.